The van der Waals surface area contributed by atoms with Gasteiger partial charge in [-0.1, -0.05) is 31.1 Å². The molecule has 2 heteroatoms. The smallest absolute Gasteiger partial charge is 0.100 e. The number of hydrogen-bond donors (Lipinski definition) is 1. The van der Waals surface area contributed by atoms with Gasteiger partial charge in [0.25, 0.3) is 0 Å². The van der Waals surface area contributed by atoms with Crippen molar-refractivity contribution in [1.82, 2.24) is 0 Å². The third kappa shape index (κ3) is 3.63. The van der Waals surface area contributed by atoms with Gasteiger partial charge in [0.2, 0.25) is 0 Å². The van der Waals surface area contributed by atoms with Crippen LogP contribution in [0.5, 0.6) is 0 Å². The number of benzene rings is 1. The summed E-state index contributed by atoms with van der Waals surface area (Å²) in [4.78, 5) is 1.25. The van der Waals surface area contributed by atoms with Gasteiger partial charge in [-0.05, 0) is 55.2 Å². The van der Waals surface area contributed by atoms with Gasteiger partial charge in [-0.2, -0.15) is 0 Å². The number of aliphatic hydroxyl groups is 1. The Labute approximate surface area is 114 Å². The number of rotatable bonds is 3. The topological polar surface area (TPSA) is 20.2 Å². The molecule has 0 fully saturated rings. The van der Waals surface area contributed by atoms with Gasteiger partial charge in [-0.15, -0.1) is 11.8 Å². The fourth-order valence-electron chi connectivity index (χ4n) is 2.47. The van der Waals surface area contributed by atoms with Gasteiger partial charge in [0.05, 0.1) is 0 Å². The highest BCUT2D eigenvalue weighted by Gasteiger charge is 2.14. The van der Waals surface area contributed by atoms with Crippen LogP contribution >= 0.6 is 11.8 Å². The number of thioether (sulfide) groups is 1. The van der Waals surface area contributed by atoms with Crippen molar-refractivity contribution in [3.8, 4) is 0 Å². The summed E-state index contributed by atoms with van der Waals surface area (Å²) in [5, 5.41) is 10.5. The summed E-state index contributed by atoms with van der Waals surface area (Å²) in [6.45, 7) is 0. The lowest BCUT2D eigenvalue weighted by atomic mass is 9.93. The van der Waals surface area contributed by atoms with E-state index >= 15 is 0 Å². The van der Waals surface area contributed by atoms with E-state index in [1.807, 2.05) is 0 Å². The minimum atomic E-state index is -0.404. The molecule has 1 aliphatic carbocycles. The van der Waals surface area contributed by atoms with Gasteiger partial charge < -0.3 is 5.11 Å². The highest BCUT2D eigenvalue weighted by atomic mass is 32.2. The Hall–Kier alpha value is -0.730. The summed E-state index contributed by atoms with van der Waals surface area (Å²) in [7, 11) is 0. The Morgan fingerprint density at radius 2 is 1.78 bits per heavy atom. The Bertz CT molecular complexity index is 394. The maximum Gasteiger partial charge on any atom is 0.100 e. The van der Waals surface area contributed by atoms with Crippen molar-refractivity contribution >= 4 is 11.8 Å². The van der Waals surface area contributed by atoms with Crippen molar-refractivity contribution < 1.29 is 5.11 Å². The lowest BCUT2D eigenvalue weighted by Gasteiger charge is -2.18. The van der Waals surface area contributed by atoms with E-state index in [0.717, 1.165) is 18.4 Å². The van der Waals surface area contributed by atoms with Crippen molar-refractivity contribution in [2.24, 2.45) is 0 Å². The van der Waals surface area contributed by atoms with Crippen LogP contribution in [0.3, 0.4) is 0 Å². The minimum Gasteiger partial charge on any atom is -0.384 e. The Balaban J connectivity index is 2.10. The second kappa shape index (κ2) is 7.01. The molecule has 1 aromatic carbocycles. The molecule has 1 atom stereocenters. The van der Waals surface area contributed by atoms with Crippen LogP contribution in [0.25, 0.3) is 0 Å². The molecule has 1 aromatic rings. The van der Waals surface area contributed by atoms with Crippen LogP contribution in [-0.2, 0) is 0 Å². The summed E-state index contributed by atoms with van der Waals surface area (Å²) < 4.78 is 0. The van der Waals surface area contributed by atoms with E-state index < -0.39 is 6.10 Å². The van der Waals surface area contributed by atoms with Crippen molar-refractivity contribution in [1.29, 1.82) is 0 Å². The van der Waals surface area contributed by atoms with Crippen LogP contribution in [0.15, 0.2) is 40.8 Å². The predicted molar refractivity (Wildman–Crippen MR) is 79.0 cm³/mol. The first-order valence-corrected chi connectivity index (χ1v) is 8.04. The van der Waals surface area contributed by atoms with Gasteiger partial charge in [0.15, 0.2) is 0 Å². The maximum absolute atomic E-state index is 10.5. The standard InChI is InChI=1S/C16H22OS/c1-18-15-11-9-14(10-12-15)16(17)13-7-5-3-2-4-6-8-13/h7,9-12,16-17H,2-6,8H2,1H3/b13-7+. The molecule has 98 valence electrons. The third-order valence-electron chi connectivity index (χ3n) is 3.61. The Morgan fingerprint density at radius 1 is 1.06 bits per heavy atom. The molecule has 0 aromatic heterocycles. The Kier molecular flexibility index (Phi) is 5.33. The highest BCUT2D eigenvalue weighted by molar-refractivity contribution is 7.98. The van der Waals surface area contributed by atoms with E-state index in [1.54, 1.807) is 11.8 Å². The van der Waals surface area contributed by atoms with Crippen LogP contribution in [0.2, 0.25) is 0 Å². The molecule has 1 nitrogen and oxygen atoms in total. The first kappa shape index (κ1) is 13.7. The summed E-state index contributed by atoms with van der Waals surface area (Å²) in [6, 6.07) is 8.28. The largest absolute Gasteiger partial charge is 0.384 e. The summed E-state index contributed by atoms with van der Waals surface area (Å²) >= 11 is 1.73. The van der Waals surface area contributed by atoms with Crippen LogP contribution < -0.4 is 0 Å². The zero-order chi connectivity index (χ0) is 12.8. The highest BCUT2D eigenvalue weighted by Crippen LogP contribution is 2.29. The van der Waals surface area contributed by atoms with E-state index in [-0.39, 0.29) is 0 Å². The molecule has 0 amide bonds. The zero-order valence-electron chi connectivity index (χ0n) is 11.1. The first-order chi connectivity index (χ1) is 8.81. The minimum absolute atomic E-state index is 0.404. The van der Waals surface area contributed by atoms with Crippen LogP contribution in [0, 0.1) is 0 Å². The second-order valence-electron chi connectivity index (χ2n) is 4.91. The first-order valence-electron chi connectivity index (χ1n) is 6.82. The van der Waals surface area contributed by atoms with Gasteiger partial charge in [0, 0.05) is 4.90 Å². The zero-order valence-corrected chi connectivity index (χ0v) is 11.9. The molecule has 0 bridgehead atoms. The van der Waals surface area contributed by atoms with E-state index in [1.165, 1.54) is 36.2 Å². The molecule has 1 unspecified atom stereocenters. The molecule has 0 radical (unpaired) electrons. The number of allylic oxidation sites excluding steroid dienone is 1. The molecule has 0 saturated heterocycles. The fraction of sp³-hybridized carbons (Fsp3) is 0.500. The Morgan fingerprint density at radius 3 is 2.50 bits per heavy atom. The number of aliphatic hydroxyl groups excluding tert-OH is 1. The quantitative estimate of drug-likeness (QED) is 0.628. The molecule has 1 N–H and O–H groups in total. The maximum atomic E-state index is 10.5. The molecule has 18 heavy (non-hydrogen) atoms. The lowest BCUT2D eigenvalue weighted by molar-refractivity contribution is 0.209. The van der Waals surface area contributed by atoms with Gasteiger partial charge in [-0.25, -0.2) is 0 Å². The van der Waals surface area contributed by atoms with Gasteiger partial charge in [0.1, 0.15) is 6.10 Å². The van der Waals surface area contributed by atoms with Crippen LogP contribution in [0.4, 0.5) is 0 Å². The van der Waals surface area contributed by atoms with Crippen molar-refractivity contribution in [2.45, 2.75) is 49.5 Å². The molecule has 0 heterocycles. The van der Waals surface area contributed by atoms with Crippen molar-refractivity contribution in [3.05, 3.63) is 41.5 Å². The predicted octanol–water partition coefficient (Wildman–Crippen LogP) is 4.72. The van der Waals surface area contributed by atoms with E-state index in [4.69, 9.17) is 0 Å². The molecular weight excluding hydrogens is 240 g/mol. The normalized spacial score (nSPS) is 21.6. The summed E-state index contributed by atoms with van der Waals surface area (Å²) in [6.07, 6.45) is 11.2. The number of hydrogen-bond acceptors (Lipinski definition) is 2. The van der Waals surface area contributed by atoms with Gasteiger partial charge >= 0.3 is 0 Å². The summed E-state index contributed by atoms with van der Waals surface area (Å²) in [5.41, 5.74) is 2.24. The second-order valence-corrected chi connectivity index (χ2v) is 5.79. The van der Waals surface area contributed by atoms with E-state index in [2.05, 4.69) is 36.6 Å². The van der Waals surface area contributed by atoms with Crippen LogP contribution in [-0.4, -0.2) is 11.4 Å². The molecule has 0 aliphatic heterocycles. The average molecular weight is 262 g/mol. The van der Waals surface area contributed by atoms with Crippen molar-refractivity contribution in [2.75, 3.05) is 6.26 Å². The summed E-state index contributed by atoms with van der Waals surface area (Å²) in [5.74, 6) is 0. The molecular formula is C16H22OS. The van der Waals surface area contributed by atoms with E-state index in [9.17, 15) is 5.11 Å². The van der Waals surface area contributed by atoms with Crippen molar-refractivity contribution in [3.63, 3.8) is 0 Å². The van der Waals surface area contributed by atoms with E-state index in [0.29, 0.717) is 0 Å². The molecule has 2 rings (SSSR count). The molecule has 0 spiro atoms. The average Bonchev–Trinajstić information content (AvgIpc) is 2.38. The van der Waals surface area contributed by atoms with Crippen LogP contribution in [0.1, 0.15) is 50.2 Å². The third-order valence-corrected chi connectivity index (χ3v) is 4.35. The van der Waals surface area contributed by atoms with Gasteiger partial charge in [-0.3, -0.25) is 0 Å². The monoisotopic (exact) mass is 262 g/mol. The fourth-order valence-corrected chi connectivity index (χ4v) is 2.87. The lowest BCUT2D eigenvalue weighted by Crippen LogP contribution is -2.03. The molecule has 1 aliphatic rings. The molecule has 0 saturated carbocycles. The SMILES string of the molecule is CSc1ccc(C(O)/C2=C/CCCCCC2)cc1.